The lowest BCUT2D eigenvalue weighted by atomic mass is 10.2. The van der Waals surface area contributed by atoms with Crippen LogP contribution >= 0.6 is 35.2 Å². The van der Waals surface area contributed by atoms with Crippen LogP contribution in [-0.2, 0) is 6.54 Å². The topological polar surface area (TPSA) is 51.9 Å². The van der Waals surface area contributed by atoms with Crippen molar-refractivity contribution >= 4 is 41.1 Å². The van der Waals surface area contributed by atoms with Gasteiger partial charge < -0.3 is 14.5 Å². The Kier molecular flexibility index (Phi) is 5.38. The van der Waals surface area contributed by atoms with Gasteiger partial charge in [-0.25, -0.2) is 4.98 Å². The molecule has 5 nitrogen and oxygen atoms in total. The van der Waals surface area contributed by atoms with Gasteiger partial charge >= 0.3 is 0 Å². The summed E-state index contributed by atoms with van der Waals surface area (Å²) >= 11 is 12.5. The van der Waals surface area contributed by atoms with Crippen molar-refractivity contribution in [3.63, 3.8) is 0 Å². The molecule has 0 aliphatic heterocycles. The Morgan fingerprint density at radius 2 is 1.89 bits per heavy atom. The first kappa shape index (κ1) is 18.6. The number of pyridine rings is 1. The molecule has 0 bridgehead atoms. The average Bonchev–Trinajstić information content (AvgIpc) is 3.36. The molecule has 0 saturated carbocycles. The molecule has 0 radical (unpaired) electrons. The monoisotopic (exact) mass is 426 g/mol. The molecule has 4 rings (SSSR count). The minimum atomic E-state index is -0.157. The Labute approximate surface area is 175 Å². The first-order valence-electron chi connectivity index (χ1n) is 8.45. The highest BCUT2D eigenvalue weighted by Crippen LogP contribution is 2.21. The number of carbonyl (C=O) groups is 1. The van der Waals surface area contributed by atoms with E-state index in [0.29, 0.717) is 15.8 Å². The fraction of sp³-hybridized carbons (Fsp3) is 0.0500. The van der Waals surface area contributed by atoms with Gasteiger partial charge in [0, 0.05) is 23.8 Å². The summed E-state index contributed by atoms with van der Waals surface area (Å²) < 4.78 is 5.21. The highest BCUT2D eigenvalue weighted by atomic mass is 35.5. The highest BCUT2D eigenvalue weighted by molar-refractivity contribution is 7.71. The van der Waals surface area contributed by atoms with Gasteiger partial charge in [-0.2, -0.15) is 0 Å². The number of imidazole rings is 1. The predicted octanol–water partition coefficient (Wildman–Crippen LogP) is 5.04. The van der Waals surface area contributed by atoms with Crippen LogP contribution in [0.1, 0.15) is 15.4 Å². The van der Waals surface area contributed by atoms with Crippen LogP contribution in [-0.4, -0.2) is 20.0 Å². The molecule has 140 valence electrons. The van der Waals surface area contributed by atoms with E-state index in [1.807, 2.05) is 64.0 Å². The Balaban J connectivity index is 1.45. The van der Waals surface area contributed by atoms with Crippen molar-refractivity contribution in [2.75, 3.05) is 0 Å². The minimum absolute atomic E-state index is 0.157. The van der Waals surface area contributed by atoms with Crippen LogP contribution in [0.3, 0.4) is 0 Å². The van der Waals surface area contributed by atoms with Gasteiger partial charge in [-0.05, 0) is 48.5 Å². The second kappa shape index (κ2) is 8.10. The number of nitrogens with zero attached hydrogens (tertiary/aromatic N) is 3. The van der Waals surface area contributed by atoms with Crippen LogP contribution in [0.2, 0.25) is 4.34 Å². The third kappa shape index (κ3) is 4.06. The average molecular weight is 427 g/mol. The lowest BCUT2D eigenvalue weighted by Crippen LogP contribution is -2.21. The van der Waals surface area contributed by atoms with Crippen LogP contribution in [0.15, 0.2) is 73.3 Å². The third-order valence-corrected chi connectivity index (χ3v) is 5.67. The van der Waals surface area contributed by atoms with Crippen molar-refractivity contribution in [3.05, 3.63) is 92.9 Å². The summed E-state index contributed by atoms with van der Waals surface area (Å²) in [6.45, 7) is 0.346. The van der Waals surface area contributed by atoms with E-state index in [1.165, 1.54) is 11.3 Å². The van der Waals surface area contributed by atoms with E-state index in [4.69, 9.17) is 23.8 Å². The summed E-state index contributed by atoms with van der Waals surface area (Å²) in [5.74, 6) is -0.157. The van der Waals surface area contributed by atoms with E-state index in [2.05, 4.69) is 10.3 Å². The summed E-state index contributed by atoms with van der Waals surface area (Å²) in [4.78, 5) is 17.0. The number of thiophene rings is 1. The van der Waals surface area contributed by atoms with Crippen molar-refractivity contribution in [2.45, 2.75) is 6.54 Å². The molecule has 3 heterocycles. The zero-order chi connectivity index (χ0) is 19.5. The van der Waals surface area contributed by atoms with Gasteiger partial charge in [0.25, 0.3) is 5.91 Å². The molecule has 28 heavy (non-hydrogen) atoms. The Morgan fingerprint density at radius 3 is 2.61 bits per heavy atom. The largest absolute Gasteiger partial charge is 0.346 e. The molecule has 0 spiro atoms. The van der Waals surface area contributed by atoms with Crippen LogP contribution in [0.5, 0.6) is 0 Å². The van der Waals surface area contributed by atoms with Gasteiger partial charge in [0.1, 0.15) is 4.64 Å². The number of nitrogens with one attached hydrogen (secondary N) is 1. The quantitative estimate of drug-likeness (QED) is 0.455. The number of halogens is 1. The number of aromatic nitrogens is 3. The maximum absolute atomic E-state index is 12.1. The number of amides is 1. The number of benzene rings is 1. The molecule has 0 aliphatic rings. The predicted molar refractivity (Wildman–Crippen MR) is 114 cm³/mol. The Morgan fingerprint density at radius 1 is 1.11 bits per heavy atom. The van der Waals surface area contributed by atoms with E-state index >= 15 is 0 Å². The van der Waals surface area contributed by atoms with Crippen LogP contribution < -0.4 is 5.32 Å². The van der Waals surface area contributed by atoms with Crippen molar-refractivity contribution in [1.29, 1.82) is 0 Å². The second-order valence-electron chi connectivity index (χ2n) is 5.98. The summed E-state index contributed by atoms with van der Waals surface area (Å²) in [7, 11) is 0. The molecule has 0 aliphatic carbocycles. The van der Waals surface area contributed by atoms with Gasteiger partial charge in [-0.3, -0.25) is 4.79 Å². The molecule has 0 atom stereocenters. The zero-order valence-corrected chi connectivity index (χ0v) is 17.0. The van der Waals surface area contributed by atoms with Gasteiger partial charge in [0.15, 0.2) is 0 Å². The van der Waals surface area contributed by atoms with E-state index in [1.54, 1.807) is 18.5 Å². The van der Waals surface area contributed by atoms with Crippen LogP contribution in [0, 0.1) is 4.64 Å². The van der Waals surface area contributed by atoms with Crippen LogP contribution in [0.4, 0.5) is 0 Å². The molecule has 4 aromatic rings. The van der Waals surface area contributed by atoms with Crippen molar-refractivity contribution in [1.82, 2.24) is 19.4 Å². The van der Waals surface area contributed by atoms with Gasteiger partial charge in [-0.1, -0.05) is 29.9 Å². The fourth-order valence-corrected chi connectivity index (χ4v) is 3.92. The molecule has 0 fully saturated rings. The Hall–Kier alpha value is -2.74. The summed E-state index contributed by atoms with van der Waals surface area (Å²) in [6, 6.07) is 17.2. The van der Waals surface area contributed by atoms with Gasteiger partial charge in [0.2, 0.25) is 0 Å². The molecule has 0 saturated heterocycles. The Bertz CT molecular complexity index is 1180. The molecule has 1 N–H and O–H groups in total. The van der Waals surface area contributed by atoms with Crippen molar-refractivity contribution in [3.8, 4) is 11.4 Å². The lowest BCUT2D eigenvalue weighted by Gasteiger charge is -2.08. The highest BCUT2D eigenvalue weighted by Gasteiger charge is 2.09. The molecular weight excluding hydrogens is 412 g/mol. The summed E-state index contributed by atoms with van der Waals surface area (Å²) in [6.07, 6.45) is 5.56. The zero-order valence-electron chi connectivity index (χ0n) is 14.6. The fourth-order valence-electron chi connectivity index (χ4n) is 2.72. The molecule has 1 amide bonds. The number of rotatable bonds is 5. The second-order valence-corrected chi connectivity index (χ2v) is 8.12. The smallest absolute Gasteiger partial charge is 0.261 e. The number of hydrogen-bond donors (Lipinski definition) is 1. The summed E-state index contributed by atoms with van der Waals surface area (Å²) in [5.41, 5.74) is 2.74. The maximum Gasteiger partial charge on any atom is 0.261 e. The molecular formula is C20H15ClN4OS2. The first-order chi connectivity index (χ1) is 13.6. The van der Waals surface area contributed by atoms with E-state index < -0.39 is 0 Å². The summed E-state index contributed by atoms with van der Waals surface area (Å²) in [5, 5.41) is 2.85. The molecule has 1 aromatic carbocycles. The SMILES string of the molecule is O=C(NCc1cn(-c2ccc(-n3ccccc3=S)cc2)cn1)c1ccc(Cl)s1. The molecule has 3 aromatic heterocycles. The van der Waals surface area contributed by atoms with Crippen LogP contribution in [0.25, 0.3) is 11.4 Å². The first-order valence-corrected chi connectivity index (χ1v) is 10.1. The lowest BCUT2D eigenvalue weighted by molar-refractivity contribution is 0.0954. The van der Waals surface area contributed by atoms with Gasteiger partial charge in [0.05, 0.1) is 27.8 Å². The van der Waals surface area contributed by atoms with E-state index in [-0.39, 0.29) is 5.91 Å². The normalized spacial score (nSPS) is 10.8. The molecule has 0 unspecified atom stereocenters. The number of carbonyl (C=O) groups excluding carboxylic acids is 1. The maximum atomic E-state index is 12.1. The standard InChI is InChI=1S/C20H15ClN4OS2/c21-18-9-8-17(28-18)20(26)22-11-14-12-24(13-23-14)15-4-6-16(7-5-15)25-10-2-1-3-19(25)27/h1-10,12-13H,11H2,(H,22,26). The minimum Gasteiger partial charge on any atom is -0.346 e. The van der Waals surface area contributed by atoms with Crippen molar-refractivity contribution < 1.29 is 4.79 Å². The van der Waals surface area contributed by atoms with Crippen molar-refractivity contribution in [2.24, 2.45) is 0 Å². The molecule has 8 heteroatoms. The number of hydrogen-bond acceptors (Lipinski definition) is 4. The van der Waals surface area contributed by atoms with Gasteiger partial charge in [-0.15, -0.1) is 11.3 Å². The third-order valence-electron chi connectivity index (χ3n) is 4.11. The van der Waals surface area contributed by atoms with E-state index in [9.17, 15) is 4.79 Å². The van der Waals surface area contributed by atoms with E-state index in [0.717, 1.165) is 21.7 Å².